The van der Waals surface area contributed by atoms with E-state index in [2.05, 4.69) is 32.2 Å². The number of pyridine rings is 1. The fourth-order valence-corrected chi connectivity index (χ4v) is 2.91. The van der Waals surface area contributed by atoms with Crippen LogP contribution in [-0.4, -0.2) is 20.9 Å². The van der Waals surface area contributed by atoms with Crippen molar-refractivity contribution >= 4 is 34.8 Å². The summed E-state index contributed by atoms with van der Waals surface area (Å²) in [5.41, 5.74) is 4.44. The Morgan fingerprint density at radius 1 is 1.19 bits per heavy atom. The first-order valence-corrected chi connectivity index (χ1v) is 9.95. The SMILES string of the molecule is C=C(Cl)/C=C(\C=CC)C(=O)Nc1ccc(C)c(Nc2nccc(-c3cccnc3)n2)c1. The van der Waals surface area contributed by atoms with Crippen molar-refractivity contribution in [2.75, 3.05) is 10.6 Å². The van der Waals surface area contributed by atoms with Gasteiger partial charge in [-0.2, -0.15) is 0 Å². The first kappa shape index (κ1) is 21.9. The van der Waals surface area contributed by atoms with Crippen LogP contribution in [0.4, 0.5) is 17.3 Å². The lowest BCUT2D eigenvalue weighted by Crippen LogP contribution is -2.13. The Bertz CT molecular complexity index is 1160. The first-order valence-electron chi connectivity index (χ1n) is 9.57. The molecule has 1 amide bonds. The van der Waals surface area contributed by atoms with Gasteiger partial charge in [0.05, 0.1) is 5.69 Å². The largest absolute Gasteiger partial charge is 0.324 e. The minimum Gasteiger partial charge on any atom is -0.324 e. The molecule has 0 atom stereocenters. The van der Waals surface area contributed by atoms with Crippen LogP contribution in [0.2, 0.25) is 0 Å². The quantitative estimate of drug-likeness (QED) is 0.366. The molecule has 0 aliphatic rings. The maximum atomic E-state index is 12.6. The highest BCUT2D eigenvalue weighted by molar-refractivity contribution is 6.31. The predicted octanol–water partition coefficient (Wildman–Crippen LogP) is 5.78. The van der Waals surface area contributed by atoms with Gasteiger partial charge in [0.2, 0.25) is 5.95 Å². The molecule has 7 heteroatoms. The second-order valence-corrected chi connectivity index (χ2v) is 7.15. The van der Waals surface area contributed by atoms with Crippen LogP contribution in [0.3, 0.4) is 0 Å². The lowest BCUT2D eigenvalue weighted by atomic mass is 10.1. The normalized spacial score (nSPS) is 11.4. The average Bonchev–Trinajstić information content (AvgIpc) is 2.76. The molecule has 3 rings (SSSR count). The van der Waals surface area contributed by atoms with E-state index in [-0.39, 0.29) is 10.9 Å². The molecule has 0 aliphatic heterocycles. The Morgan fingerprint density at radius 2 is 2.03 bits per heavy atom. The molecule has 31 heavy (non-hydrogen) atoms. The van der Waals surface area contributed by atoms with Gasteiger partial charge in [0.15, 0.2) is 0 Å². The van der Waals surface area contributed by atoms with Crippen molar-refractivity contribution < 1.29 is 4.79 Å². The van der Waals surface area contributed by atoms with Crippen LogP contribution in [0, 0.1) is 6.92 Å². The van der Waals surface area contributed by atoms with Crippen LogP contribution in [-0.2, 0) is 4.79 Å². The van der Waals surface area contributed by atoms with Gasteiger partial charge < -0.3 is 10.6 Å². The highest BCUT2D eigenvalue weighted by Gasteiger charge is 2.10. The molecule has 0 unspecified atom stereocenters. The van der Waals surface area contributed by atoms with Crippen molar-refractivity contribution in [3.05, 3.63) is 96.0 Å². The summed E-state index contributed by atoms with van der Waals surface area (Å²) in [7, 11) is 0. The predicted molar refractivity (Wildman–Crippen MR) is 126 cm³/mol. The molecule has 0 fully saturated rings. The summed E-state index contributed by atoms with van der Waals surface area (Å²) in [4.78, 5) is 25.6. The van der Waals surface area contributed by atoms with E-state index in [4.69, 9.17) is 11.6 Å². The number of allylic oxidation sites excluding steroid dienone is 3. The number of aryl methyl sites for hydroxylation is 1. The van der Waals surface area contributed by atoms with Gasteiger partial charge in [0, 0.05) is 46.1 Å². The van der Waals surface area contributed by atoms with E-state index in [1.807, 2.05) is 50.2 Å². The number of carbonyl (C=O) groups is 1. The van der Waals surface area contributed by atoms with Gasteiger partial charge in [-0.15, -0.1) is 0 Å². The molecular formula is C24H22ClN5O. The van der Waals surface area contributed by atoms with Crippen LogP contribution < -0.4 is 10.6 Å². The second-order valence-electron chi connectivity index (χ2n) is 6.66. The first-order chi connectivity index (χ1) is 15.0. The lowest BCUT2D eigenvalue weighted by Gasteiger charge is -2.12. The van der Waals surface area contributed by atoms with Gasteiger partial charge in [-0.25, -0.2) is 9.97 Å². The summed E-state index contributed by atoms with van der Waals surface area (Å²) in [6.07, 6.45) is 10.1. The molecular weight excluding hydrogens is 410 g/mol. The Kier molecular flexibility index (Phi) is 7.30. The maximum Gasteiger partial charge on any atom is 0.255 e. The zero-order valence-electron chi connectivity index (χ0n) is 17.3. The third-order valence-electron chi connectivity index (χ3n) is 4.28. The van der Waals surface area contributed by atoms with Crippen LogP contribution in [0.5, 0.6) is 0 Å². The minimum absolute atomic E-state index is 0.278. The Morgan fingerprint density at radius 3 is 2.74 bits per heavy atom. The number of benzene rings is 1. The van der Waals surface area contributed by atoms with Crippen molar-refractivity contribution in [1.29, 1.82) is 0 Å². The molecule has 0 spiro atoms. The summed E-state index contributed by atoms with van der Waals surface area (Å²) >= 11 is 5.84. The van der Waals surface area contributed by atoms with E-state index in [1.165, 1.54) is 6.08 Å². The summed E-state index contributed by atoms with van der Waals surface area (Å²) in [6.45, 7) is 7.40. The number of nitrogens with zero attached hydrogens (tertiary/aromatic N) is 3. The average molecular weight is 432 g/mol. The Hall–Kier alpha value is -3.77. The van der Waals surface area contributed by atoms with Crippen LogP contribution in [0.15, 0.2) is 90.4 Å². The third-order valence-corrected chi connectivity index (χ3v) is 4.38. The zero-order chi connectivity index (χ0) is 22.2. The number of carbonyl (C=O) groups excluding carboxylic acids is 1. The topological polar surface area (TPSA) is 79.8 Å². The van der Waals surface area contributed by atoms with Gasteiger partial charge in [-0.3, -0.25) is 9.78 Å². The van der Waals surface area contributed by atoms with Crippen molar-refractivity contribution in [3.8, 4) is 11.3 Å². The molecule has 3 aromatic rings. The molecule has 2 aromatic heterocycles. The van der Waals surface area contributed by atoms with Gasteiger partial charge >= 0.3 is 0 Å². The Balaban J connectivity index is 1.82. The number of rotatable bonds is 7. The summed E-state index contributed by atoms with van der Waals surface area (Å²) in [6, 6.07) is 11.2. The van der Waals surface area contributed by atoms with E-state index in [0.717, 1.165) is 22.5 Å². The Labute approximate surface area is 186 Å². The fraction of sp³-hybridized carbons (Fsp3) is 0.0833. The molecule has 2 N–H and O–H groups in total. The summed E-state index contributed by atoms with van der Waals surface area (Å²) < 4.78 is 0. The number of halogens is 1. The third kappa shape index (κ3) is 6.10. The number of aromatic nitrogens is 3. The maximum absolute atomic E-state index is 12.6. The van der Waals surface area contributed by atoms with E-state index < -0.39 is 0 Å². The summed E-state index contributed by atoms with van der Waals surface area (Å²) in [5.74, 6) is 0.158. The van der Waals surface area contributed by atoms with Crippen LogP contribution in [0.25, 0.3) is 11.3 Å². The van der Waals surface area contributed by atoms with Crippen molar-refractivity contribution in [2.24, 2.45) is 0 Å². The number of hydrogen-bond acceptors (Lipinski definition) is 5. The van der Waals surface area contributed by atoms with Gasteiger partial charge in [-0.1, -0.05) is 36.4 Å². The minimum atomic E-state index is -0.287. The fourth-order valence-electron chi connectivity index (χ4n) is 2.79. The zero-order valence-corrected chi connectivity index (χ0v) is 18.0. The van der Waals surface area contributed by atoms with Crippen molar-refractivity contribution in [3.63, 3.8) is 0 Å². The number of hydrogen-bond donors (Lipinski definition) is 2. The van der Waals surface area contributed by atoms with Gasteiger partial charge in [0.25, 0.3) is 5.91 Å². The van der Waals surface area contributed by atoms with E-state index in [0.29, 0.717) is 17.2 Å². The highest BCUT2D eigenvalue weighted by atomic mass is 35.5. The molecule has 0 saturated carbocycles. The number of nitrogens with one attached hydrogen (secondary N) is 2. The molecule has 6 nitrogen and oxygen atoms in total. The van der Waals surface area contributed by atoms with Crippen LogP contribution in [0.1, 0.15) is 12.5 Å². The van der Waals surface area contributed by atoms with E-state index in [9.17, 15) is 4.79 Å². The molecule has 2 heterocycles. The standard InChI is InChI=1S/C24H22ClN5O/c1-4-6-18(13-17(3)25)23(31)28-20-9-8-16(2)22(14-20)30-24-27-12-10-21(29-24)19-7-5-11-26-15-19/h4-15H,3H2,1-2H3,(H,28,31)(H,27,29,30)/b6-4?,18-13+. The molecule has 1 aromatic carbocycles. The number of anilines is 3. The lowest BCUT2D eigenvalue weighted by molar-refractivity contribution is -0.112. The highest BCUT2D eigenvalue weighted by Crippen LogP contribution is 2.24. The van der Waals surface area contributed by atoms with Crippen molar-refractivity contribution in [2.45, 2.75) is 13.8 Å². The molecule has 0 bridgehead atoms. The van der Waals surface area contributed by atoms with Gasteiger partial charge in [-0.05, 0) is 55.8 Å². The van der Waals surface area contributed by atoms with Crippen LogP contribution >= 0.6 is 11.6 Å². The summed E-state index contributed by atoms with van der Waals surface area (Å²) in [5, 5.41) is 6.38. The smallest absolute Gasteiger partial charge is 0.255 e. The van der Waals surface area contributed by atoms with E-state index in [1.54, 1.807) is 30.7 Å². The van der Waals surface area contributed by atoms with Crippen molar-refractivity contribution in [1.82, 2.24) is 15.0 Å². The molecule has 0 aliphatic carbocycles. The molecule has 0 saturated heterocycles. The van der Waals surface area contributed by atoms with Gasteiger partial charge in [0.1, 0.15) is 0 Å². The number of amides is 1. The van der Waals surface area contributed by atoms with E-state index >= 15 is 0 Å². The monoisotopic (exact) mass is 431 g/mol. The second kappa shape index (κ2) is 10.3. The molecule has 156 valence electrons. The molecule has 0 radical (unpaired) electrons.